The molecule has 1 saturated heterocycles. The Kier molecular flexibility index (Phi) is 7.34. The molecule has 6 atom stereocenters. The molecule has 0 amide bonds. The summed E-state index contributed by atoms with van der Waals surface area (Å²) in [6, 6.07) is 21.6. The molecule has 0 spiro atoms. The molecule has 4 rings (SSSR count). The van der Waals surface area contributed by atoms with Crippen LogP contribution in [0, 0.1) is 0 Å². The van der Waals surface area contributed by atoms with Crippen LogP contribution in [-0.2, 0) is 11.2 Å². The highest BCUT2D eigenvalue weighted by Gasteiger charge is 2.47. The Morgan fingerprint density at radius 2 is 1.61 bits per heavy atom. The van der Waals surface area contributed by atoms with E-state index in [4.69, 9.17) is 21.1 Å². The lowest BCUT2D eigenvalue weighted by molar-refractivity contribution is -0.246. The molecule has 0 saturated carbocycles. The fraction of sp³-hybridized carbons (Fsp3) is 0.308. The van der Waals surface area contributed by atoms with Gasteiger partial charge in [0, 0.05) is 5.02 Å². The average Bonchev–Trinajstić information content (AvgIpc) is 2.85. The molecule has 33 heavy (non-hydrogen) atoms. The van der Waals surface area contributed by atoms with Gasteiger partial charge in [-0.05, 0) is 46.9 Å². The Bertz CT molecular complexity index is 1060. The highest BCUT2D eigenvalue weighted by Crippen LogP contribution is 2.38. The Morgan fingerprint density at radius 1 is 0.909 bits per heavy atom. The number of halogens is 1. The molecule has 0 radical (unpaired) electrons. The molecule has 6 nitrogen and oxygen atoms in total. The second kappa shape index (κ2) is 10.2. The second-order valence-electron chi connectivity index (χ2n) is 8.22. The van der Waals surface area contributed by atoms with Gasteiger partial charge in [-0.2, -0.15) is 0 Å². The van der Waals surface area contributed by atoms with Crippen LogP contribution >= 0.6 is 11.6 Å². The maximum absolute atomic E-state index is 10.8. The smallest absolute Gasteiger partial charge is 0.118 e. The van der Waals surface area contributed by atoms with Crippen molar-refractivity contribution in [2.24, 2.45) is 0 Å². The normalized spacial score (nSPS) is 26.1. The Balaban J connectivity index is 1.60. The zero-order valence-corrected chi connectivity index (χ0v) is 18.8. The first kappa shape index (κ1) is 23.7. The van der Waals surface area contributed by atoms with E-state index in [-0.39, 0.29) is 0 Å². The van der Waals surface area contributed by atoms with Crippen molar-refractivity contribution >= 4 is 11.6 Å². The van der Waals surface area contributed by atoms with Gasteiger partial charge in [-0.1, -0.05) is 66.2 Å². The number of rotatable bonds is 6. The van der Waals surface area contributed by atoms with Gasteiger partial charge >= 0.3 is 0 Å². The molecule has 1 unspecified atom stereocenters. The van der Waals surface area contributed by atoms with Crippen molar-refractivity contribution in [2.75, 3.05) is 7.11 Å². The van der Waals surface area contributed by atoms with Crippen molar-refractivity contribution < 1.29 is 29.9 Å². The van der Waals surface area contributed by atoms with Gasteiger partial charge in [0.15, 0.2) is 0 Å². The predicted octanol–water partition coefficient (Wildman–Crippen LogP) is 3.20. The number of ether oxygens (including phenoxy) is 2. The fourth-order valence-electron chi connectivity index (χ4n) is 4.15. The van der Waals surface area contributed by atoms with Crippen LogP contribution in [0.25, 0.3) is 0 Å². The van der Waals surface area contributed by atoms with Gasteiger partial charge in [0.25, 0.3) is 0 Å². The summed E-state index contributed by atoms with van der Waals surface area (Å²) in [5, 5.41) is 43.1. The third-order valence-corrected chi connectivity index (χ3v) is 6.42. The van der Waals surface area contributed by atoms with Gasteiger partial charge < -0.3 is 29.9 Å². The minimum atomic E-state index is -1.49. The van der Waals surface area contributed by atoms with E-state index in [2.05, 4.69) is 0 Å². The van der Waals surface area contributed by atoms with Crippen LogP contribution < -0.4 is 4.74 Å². The number of hydrogen-bond donors (Lipinski definition) is 4. The summed E-state index contributed by atoms with van der Waals surface area (Å²) in [5.41, 5.74) is 2.97. The molecule has 1 heterocycles. The molecule has 0 aromatic heterocycles. The monoisotopic (exact) mass is 470 g/mol. The number of benzene rings is 3. The van der Waals surface area contributed by atoms with Gasteiger partial charge in [0.1, 0.15) is 42.4 Å². The third kappa shape index (κ3) is 5.06. The van der Waals surface area contributed by atoms with Gasteiger partial charge in [0.05, 0.1) is 7.11 Å². The first-order valence-corrected chi connectivity index (χ1v) is 11.1. The zero-order chi connectivity index (χ0) is 23.5. The minimum Gasteiger partial charge on any atom is -0.497 e. The van der Waals surface area contributed by atoms with E-state index in [9.17, 15) is 20.4 Å². The van der Waals surface area contributed by atoms with E-state index in [1.165, 1.54) is 0 Å². The van der Waals surface area contributed by atoms with E-state index >= 15 is 0 Å². The summed E-state index contributed by atoms with van der Waals surface area (Å²) >= 11 is 6.43. The van der Waals surface area contributed by atoms with E-state index in [0.717, 1.165) is 16.9 Å². The van der Waals surface area contributed by atoms with Crippen LogP contribution in [0.15, 0.2) is 72.8 Å². The van der Waals surface area contributed by atoms with Crippen LogP contribution in [0.2, 0.25) is 5.02 Å². The van der Waals surface area contributed by atoms with Gasteiger partial charge in [0.2, 0.25) is 0 Å². The van der Waals surface area contributed by atoms with Gasteiger partial charge in [-0.3, -0.25) is 0 Å². The van der Waals surface area contributed by atoms with Crippen molar-refractivity contribution in [1.82, 2.24) is 0 Å². The molecule has 4 N–H and O–H groups in total. The number of aliphatic hydroxyl groups is 4. The second-order valence-corrected chi connectivity index (χ2v) is 8.63. The van der Waals surface area contributed by atoms with E-state index in [0.29, 0.717) is 22.6 Å². The van der Waals surface area contributed by atoms with Crippen molar-refractivity contribution in [3.63, 3.8) is 0 Å². The Morgan fingerprint density at radius 3 is 2.27 bits per heavy atom. The highest BCUT2D eigenvalue weighted by atomic mass is 35.5. The van der Waals surface area contributed by atoms with Crippen LogP contribution in [0.3, 0.4) is 0 Å². The summed E-state index contributed by atoms with van der Waals surface area (Å²) in [5.74, 6) is 0.757. The van der Waals surface area contributed by atoms with Crippen molar-refractivity contribution in [1.29, 1.82) is 0 Å². The van der Waals surface area contributed by atoms with E-state index in [1.54, 1.807) is 43.5 Å². The standard InChI is InChI=1S/C26H27ClO6/c1-32-19-10-7-15(8-11-19)13-18-14-17(9-12-20(18)27)25-23(30)22(29)24(31)26(33-25)21(28)16-5-3-2-4-6-16/h2-12,14,21-26,28-31H,13H2,1H3/t21?,22-,23-,24+,25+,26-/m1/s1. The SMILES string of the molecule is COc1ccc(Cc2cc([C@@H]3O[C@H](C(O)c4ccccc4)[C@@H](O)[C@H](O)[C@H]3O)ccc2Cl)cc1. The maximum Gasteiger partial charge on any atom is 0.118 e. The van der Waals surface area contributed by atoms with Crippen LogP contribution in [0.5, 0.6) is 5.75 Å². The van der Waals surface area contributed by atoms with Crippen LogP contribution in [0.4, 0.5) is 0 Å². The summed E-state index contributed by atoms with van der Waals surface area (Å²) in [6.45, 7) is 0. The molecular formula is C26H27ClO6. The molecule has 174 valence electrons. The van der Waals surface area contributed by atoms with Crippen molar-refractivity contribution in [3.8, 4) is 5.75 Å². The number of aliphatic hydroxyl groups excluding tert-OH is 4. The molecule has 0 aliphatic carbocycles. The summed E-state index contributed by atoms with van der Waals surface area (Å²) in [7, 11) is 1.61. The maximum atomic E-state index is 10.8. The van der Waals surface area contributed by atoms with Crippen molar-refractivity contribution in [3.05, 3.63) is 100 Å². The molecule has 1 aliphatic rings. The summed E-state index contributed by atoms with van der Waals surface area (Å²) < 4.78 is 11.2. The largest absolute Gasteiger partial charge is 0.497 e. The average molecular weight is 471 g/mol. The predicted molar refractivity (Wildman–Crippen MR) is 124 cm³/mol. The molecular weight excluding hydrogens is 444 g/mol. The zero-order valence-electron chi connectivity index (χ0n) is 18.1. The molecule has 7 heteroatoms. The number of hydrogen-bond acceptors (Lipinski definition) is 6. The molecule has 1 fully saturated rings. The molecule has 3 aromatic rings. The van der Waals surface area contributed by atoms with Crippen molar-refractivity contribution in [2.45, 2.75) is 43.0 Å². The molecule has 0 bridgehead atoms. The lowest BCUT2D eigenvalue weighted by Gasteiger charge is -2.42. The summed E-state index contributed by atoms with van der Waals surface area (Å²) in [4.78, 5) is 0. The summed E-state index contributed by atoms with van der Waals surface area (Å²) in [6.07, 6.45) is -7.06. The third-order valence-electron chi connectivity index (χ3n) is 6.05. The highest BCUT2D eigenvalue weighted by molar-refractivity contribution is 6.31. The fourth-order valence-corrected chi connectivity index (χ4v) is 4.34. The van der Waals surface area contributed by atoms with Crippen LogP contribution in [-0.4, -0.2) is 52.0 Å². The van der Waals surface area contributed by atoms with E-state index < -0.39 is 36.6 Å². The minimum absolute atomic E-state index is 0.542. The Labute approximate surface area is 197 Å². The first-order valence-electron chi connectivity index (χ1n) is 10.7. The molecule has 3 aromatic carbocycles. The Hall–Kier alpha value is -2.45. The quantitative estimate of drug-likeness (QED) is 0.441. The number of methoxy groups -OCH3 is 1. The lowest BCUT2D eigenvalue weighted by atomic mass is 9.87. The van der Waals surface area contributed by atoms with Gasteiger partial charge in [-0.15, -0.1) is 0 Å². The first-order chi connectivity index (χ1) is 15.9. The van der Waals surface area contributed by atoms with Crippen LogP contribution in [0.1, 0.15) is 34.5 Å². The topological polar surface area (TPSA) is 99.4 Å². The van der Waals surface area contributed by atoms with E-state index in [1.807, 2.05) is 36.4 Å². The lowest BCUT2D eigenvalue weighted by Crippen LogP contribution is -2.55. The van der Waals surface area contributed by atoms with Gasteiger partial charge in [-0.25, -0.2) is 0 Å². The molecule has 1 aliphatic heterocycles.